The van der Waals surface area contributed by atoms with Crippen LogP contribution in [0.1, 0.15) is 25.3 Å². The molecule has 4 aromatic rings. The number of nitrogens with zero attached hydrogens (tertiary/aromatic N) is 3. The zero-order valence-electron chi connectivity index (χ0n) is 17.6. The average molecular weight is 438 g/mol. The molecule has 0 unspecified atom stereocenters. The Labute approximate surface area is 183 Å². The minimum absolute atomic E-state index is 0.200. The highest BCUT2D eigenvalue weighted by molar-refractivity contribution is 7.15. The fourth-order valence-electron chi connectivity index (χ4n) is 3.07. The van der Waals surface area contributed by atoms with Gasteiger partial charge in [-0.2, -0.15) is 9.50 Å². The first kappa shape index (κ1) is 20.9. The molecule has 2 heterocycles. The van der Waals surface area contributed by atoms with E-state index in [2.05, 4.69) is 17.0 Å². The maximum absolute atomic E-state index is 12.8. The lowest BCUT2D eigenvalue weighted by Gasteiger charge is -2.10. The van der Waals surface area contributed by atoms with Crippen LogP contribution in [0.25, 0.3) is 22.4 Å². The third-order valence-corrected chi connectivity index (χ3v) is 5.73. The summed E-state index contributed by atoms with van der Waals surface area (Å²) in [4.78, 5) is 17.9. The van der Waals surface area contributed by atoms with E-state index in [0.29, 0.717) is 33.4 Å². The standard InChI is InChI=1S/C23H23N3O4S/c1-4-5-12-30-18-11-6-15(13-19(18)29-3)14-20-22(27)26-23(31-20)24-21(25-26)16-7-9-17(28-2)10-8-16/h6-11,13-14H,4-5,12H2,1-3H3. The minimum Gasteiger partial charge on any atom is -0.497 e. The predicted octanol–water partition coefficient (Wildman–Crippen LogP) is 3.56. The van der Waals surface area contributed by atoms with E-state index in [0.717, 1.165) is 29.7 Å². The Morgan fingerprint density at radius 1 is 1.06 bits per heavy atom. The first-order chi connectivity index (χ1) is 15.1. The highest BCUT2D eigenvalue weighted by Gasteiger charge is 2.12. The van der Waals surface area contributed by atoms with Crippen molar-refractivity contribution in [2.24, 2.45) is 0 Å². The van der Waals surface area contributed by atoms with E-state index < -0.39 is 0 Å². The van der Waals surface area contributed by atoms with Gasteiger partial charge in [-0.3, -0.25) is 4.79 Å². The monoisotopic (exact) mass is 437 g/mol. The van der Waals surface area contributed by atoms with Crippen molar-refractivity contribution in [3.8, 4) is 28.6 Å². The molecule has 0 aliphatic rings. The number of aromatic nitrogens is 3. The van der Waals surface area contributed by atoms with Crippen molar-refractivity contribution in [3.63, 3.8) is 0 Å². The summed E-state index contributed by atoms with van der Waals surface area (Å²) >= 11 is 1.30. The molecule has 160 valence electrons. The summed E-state index contributed by atoms with van der Waals surface area (Å²) in [7, 11) is 3.22. The summed E-state index contributed by atoms with van der Waals surface area (Å²) < 4.78 is 18.3. The van der Waals surface area contributed by atoms with Gasteiger partial charge in [-0.05, 0) is 54.5 Å². The molecular weight excluding hydrogens is 414 g/mol. The van der Waals surface area contributed by atoms with Gasteiger partial charge in [0.15, 0.2) is 17.3 Å². The van der Waals surface area contributed by atoms with Gasteiger partial charge in [0.25, 0.3) is 5.56 Å². The molecule has 8 heteroatoms. The largest absolute Gasteiger partial charge is 0.497 e. The molecule has 0 amide bonds. The fraction of sp³-hybridized carbons (Fsp3) is 0.261. The molecule has 0 atom stereocenters. The van der Waals surface area contributed by atoms with Crippen LogP contribution in [0.3, 0.4) is 0 Å². The Balaban J connectivity index is 1.64. The molecule has 0 spiro atoms. The quantitative estimate of drug-likeness (QED) is 0.393. The van der Waals surface area contributed by atoms with Crippen molar-refractivity contribution in [2.75, 3.05) is 20.8 Å². The van der Waals surface area contributed by atoms with E-state index >= 15 is 0 Å². The molecule has 0 N–H and O–H groups in total. The van der Waals surface area contributed by atoms with Gasteiger partial charge in [0.2, 0.25) is 4.96 Å². The molecule has 0 saturated carbocycles. The van der Waals surface area contributed by atoms with Crippen LogP contribution in [0.4, 0.5) is 0 Å². The van der Waals surface area contributed by atoms with Gasteiger partial charge >= 0.3 is 0 Å². The van der Waals surface area contributed by atoms with Crippen LogP contribution >= 0.6 is 11.3 Å². The molecule has 7 nitrogen and oxygen atoms in total. The lowest BCUT2D eigenvalue weighted by molar-refractivity contribution is 0.288. The van der Waals surface area contributed by atoms with Crippen LogP contribution in [0.5, 0.6) is 17.2 Å². The van der Waals surface area contributed by atoms with Crippen LogP contribution < -0.4 is 24.3 Å². The smallest absolute Gasteiger partial charge is 0.291 e. The molecular formula is C23H23N3O4S. The van der Waals surface area contributed by atoms with Crippen molar-refractivity contribution in [3.05, 3.63) is 62.9 Å². The summed E-state index contributed by atoms with van der Waals surface area (Å²) in [5.41, 5.74) is 1.47. The highest BCUT2D eigenvalue weighted by atomic mass is 32.1. The predicted molar refractivity (Wildman–Crippen MR) is 121 cm³/mol. The van der Waals surface area contributed by atoms with Gasteiger partial charge in [0.1, 0.15) is 5.75 Å². The van der Waals surface area contributed by atoms with Crippen molar-refractivity contribution < 1.29 is 14.2 Å². The van der Waals surface area contributed by atoms with E-state index in [4.69, 9.17) is 14.2 Å². The van der Waals surface area contributed by atoms with Gasteiger partial charge in [-0.15, -0.1) is 5.10 Å². The molecule has 0 saturated heterocycles. The third-order valence-electron chi connectivity index (χ3n) is 4.77. The zero-order chi connectivity index (χ0) is 21.8. The Morgan fingerprint density at radius 2 is 1.87 bits per heavy atom. The second-order valence-electron chi connectivity index (χ2n) is 6.89. The summed E-state index contributed by atoms with van der Waals surface area (Å²) in [6, 6.07) is 13.0. The van der Waals surface area contributed by atoms with Gasteiger partial charge in [-0.1, -0.05) is 30.7 Å². The summed E-state index contributed by atoms with van der Waals surface area (Å²) in [6.07, 6.45) is 3.86. The molecule has 0 fully saturated rings. The second kappa shape index (κ2) is 9.18. The summed E-state index contributed by atoms with van der Waals surface area (Å²) in [5.74, 6) is 2.59. The Morgan fingerprint density at radius 3 is 2.55 bits per heavy atom. The number of hydrogen-bond donors (Lipinski definition) is 0. The maximum Gasteiger partial charge on any atom is 0.291 e. The van der Waals surface area contributed by atoms with Crippen LogP contribution in [0.15, 0.2) is 47.3 Å². The number of rotatable bonds is 8. The van der Waals surface area contributed by atoms with Gasteiger partial charge in [0.05, 0.1) is 25.4 Å². The SMILES string of the molecule is CCCCOc1ccc(C=c2sc3nc(-c4ccc(OC)cc4)nn3c2=O)cc1OC. The molecule has 31 heavy (non-hydrogen) atoms. The average Bonchev–Trinajstić information content (AvgIpc) is 3.34. The van der Waals surface area contributed by atoms with Crippen LogP contribution in [-0.2, 0) is 0 Å². The highest BCUT2D eigenvalue weighted by Crippen LogP contribution is 2.28. The lowest BCUT2D eigenvalue weighted by atomic mass is 10.2. The van der Waals surface area contributed by atoms with Crippen molar-refractivity contribution >= 4 is 22.4 Å². The first-order valence-corrected chi connectivity index (χ1v) is 10.8. The van der Waals surface area contributed by atoms with E-state index in [-0.39, 0.29) is 5.56 Å². The Bertz CT molecular complexity index is 1300. The number of thiazole rings is 1. The van der Waals surface area contributed by atoms with Crippen LogP contribution in [0, 0.1) is 0 Å². The van der Waals surface area contributed by atoms with Crippen LogP contribution in [0.2, 0.25) is 0 Å². The number of hydrogen-bond acceptors (Lipinski definition) is 7. The molecule has 0 aliphatic heterocycles. The first-order valence-electron chi connectivity index (χ1n) is 9.99. The van der Waals surface area contributed by atoms with Gasteiger partial charge in [-0.25, -0.2) is 0 Å². The minimum atomic E-state index is -0.200. The normalized spacial score (nSPS) is 11.8. The van der Waals surface area contributed by atoms with Crippen LogP contribution in [-0.4, -0.2) is 35.4 Å². The van der Waals surface area contributed by atoms with E-state index in [1.54, 1.807) is 14.2 Å². The molecule has 0 aliphatic carbocycles. The third kappa shape index (κ3) is 4.39. The topological polar surface area (TPSA) is 75.0 Å². The Hall–Kier alpha value is -3.39. The van der Waals surface area contributed by atoms with Gasteiger partial charge in [0, 0.05) is 5.56 Å². The molecule has 0 radical (unpaired) electrons. The molecule has 4 rings (SSSR count). The summed E-state index contributed by atoms with van der Waals surface area (Å²) in [5, 5.41) is 4.39. The lowest BCUT2D eigenvalue weighted by Crippen LogP contribution is -2.23. The second-order valence-corrected chi connectivity index (χ2v) is 7.90. The number of fused-ring (bicyclic) bond motifs is 1. The van der Waals surface area contributed by atoms with E-state index in [1.807, 2.05) is 48.5 Å². The number of methoxy groups -OCH3 is 2. The number of benzene rings is 2. The molecule has 2 aromatic carbocycles. The number of ether oxygens (including phenoxy) is 3. The molecule has 0 bridgehead atoms. The fourth-order valence-corrected chi connectivity index (χ4v) is 3.97. The van der Waals surface area contributed by atoms with E-state index in [1.165, 1.54) is 15.9 Å². The molecule has 2 aromatic heterocycles. The van der Waals surface area contributed by atoms with Gasteiger partial charge < -0.3 is 14.2 Å². The summed E-state index contributed by atoms with van der Waals surface area (Å²) in [6.45, 7) is 2.76. The number of unbranched alkanes of at least 4 members (excludes halogenated alkanes) is 1. The maximum atomic E-state index is 12.8. The van der Waals surface area contributed by atoms with E-state index in [9.17, 15) is 4.79 Å². The van der Waals surface area contributed by atoms with Crippen molar-refractivity contribution in [1.82, 2.24) is 14.6 Å². The zero-order valence-corrected chi connectivity index (χ0v) is 18.4. The Kier molecular flexibility index (Phi) is 6.18. The van der Waals surface area contributed by atoms with Crippen molar-refractivity contribution in [2.45, 2.75) is 19.8 Å². The van der Waals surface area contributed by atoms with Crippen molar-refractivity contribution in [1.29, 1.82) is 0 Å².